The molecule has 3 aliphatic rings. The molecule has 12 nitrogen and oxygen atoms in total. The van der Waals surface area contributed by atoms with Crippen LogP contribution in [-0.2, 0) is 28.5 Å². The maximum absolute atomic E-state index is 13.8. The van der Waals surface area contributed by atoms with E-state index in [9.17, 15) is 24.6 Å². The van der Waals surface area contributed by atoms with Gasteiger partial charge in [0, 0.05) is 48.7 Å². The Bertz CT molecular complexity index is 1610. The number of ether oxygens (including phenoxy) is 5. The van der Waals surface area contributed by atoms with Crippen LogP contribution in [0.2, 0.25) is 0 Å². The van der Waals surface area contributed by atoms with Gasteiger partial charge in [0.05, 0.1) is 23.5 Å². The SMILES string of the molecule is CO[C@H]1CC2C=C[C@@H]3C[C@]2(O[C@H]3[C@H](OC(=O)c2cc(-c3cccn3C(=O)OC(C)(C)C)c[nH]2)[C@H](C)[C@H](C)O)/C(C)=C/[C@@H](C)[C@@H](C(C)O)OC1=O. The predicted octanol–water partition coefficient (Wildman–Crippen LogP) is 5.43. The van der Waals surface area contributed by atoms with Gasteiger partial charge in [-0.3, -0.25) is 4.57 Å². The monoisotopic (exact) mass is 696 g/mol. The number of H-pyrrole nitrogens is 1. The topological polar surface area (TPSA) is 159 Å². The molecule has 2 aromatic heterocycles. The molecule has 3 N–H and O–H groups in total. The van der Waals surface area contributed by atoms with E-state index in [0.717, 1.165) is 5.57 Å². The Morgan fingerprint density at radius 2 is 1.86 bits per heavy atom. The number of nitrogens with zero attached hydrogens (tertiary/aromatic N) is 1. The van der Waals surface area contributed by atoms with Crippen LogP contribution in [0.3, 0.4) is 0 Å². The lowest BCUT2D eigenvalue weighted by Gasteiger charge is -2.41. The minimum absolute atomic E-state index is 0.163. The normalized spacial score (nSPS) is 31.7. The second-order valence-electron chi connectivity index (χ2n) is 15.2. The summed E-state index contributed by atoms with van der Waals surface area (Å²) in [6.45, 7) is 14.3. The van der Waals surface area contributed by atoms with Crippen molar-refractivity contribution >= 4 is 18.0 Å². The zero-order valence-corrected chi connectivity index (χ0v) is 30.4. The molecule has 5 rings (SSSR count). The van der Waals surface area contributed by atoms with Crippen molar-refractivity contribution in [2.45, 2.75) is 116 Å². The minimum atomic E-state index is -0.912. The van der Waals surface area contributed by atoms with E-state index in [1.807, 2.05) is 39.0 Å². The van der Waals surface area contributed by atoms with Crippen molar-refractivity contribution in [2.75, 3.05) is 7.11 Å². The van der Waals surface area contributed by atoms with E-state index in [2.05, 4.69) is 4.98 Å². The van der Waals surface area contributed by atoms with Crippen LogP contribution in [0.5, 0.6) is 0 Å². The molecule has 11 atom stereocenters. The van der Waals surface area contributed by atoms with Crippen molar-refractivity contribution in [2.24, 2.45) is 23.7 Å². The van der Waals surface area contributed by atoms with Crippen LogP contribution < -0.4 is 0 Å². The summed E-state index contributed by atoms with van der Waals surface area (Å²) in [7, 11) is 1.46. The van der Waals surface area contributed by atoms with Gasteiger partial charge in [-0.2, -0.15) is 0 Å². The van der Waals surface area contributed by atoms with E-state index in [-0.39, 0.29) is 29.9 Å². The molecule has 1 fully saturated rings. The van der Waals surface area contributed by atoms with Crippen LogP contribution in [0.4, 0.5) is 4.79 Å². The largest absolute Gasteiger partial charge is 0.457 e. The Kier molecular flexibility index (Phi) is 10.9. The maximum atomic E-state index is 13.8. The highest BCUT2D eigenvalue weighted by molar-refractivity contribution is 5.90. The van der Waals surface area contributed by atoms with Gasteiger partial charge in [0.1, 0.15) is 29.6 Å². The molecule has 0 radical (unpaired) electrons. The van der Waals surface area contributed by atoms with Gasteiger partial charge in [0.25, 0.3) is 0 Å². The summed E-state index contributed by atoms with van der Waals surface area (Å²) in [6.07, 6.45) is 4.75. The first-order chi connectivity index (χ1) is 23.5. The lowest BCUT2D eigenvalue weighted by atomic mass is 9.69. The second kappa shape index (κ2) is 14.5. The quantitative estimate of drug-likeness (QED) is 0.185. The van der Waals surface area contributed by atoms with E-state index in [1.165, 1.54) is 11.7 Å². The molecule has 1 saturated heterocycles. The Morgan fingerprint density at radius 1 is 1.14 bits per heavy atom. The number of fused-ring (bicyclic) bond motifs is 1. The van der Waals surface area contributed by atoms with Crippen LogP contribution in [0.1, 0.15) is 78.7 Å². The lowest BCUT2D eigenvalue weighted by molar-refractivity contribution is -0.172. The highest BCUT2D eigenvalue weighted by atomic mass is 16.6. The van der Waals surface area contributed by atoms with E-state index >= 15 is 0 Å². The van der Waals surface area contributed by atoms with Gasteiger partial charge < -0.3 is 38.9 Å². The van der Waals surface area contributed by atoms with Gasteiger partial charge in [-0.25, -0.2) is 14.4 Å². The van der Waals surface area contributed by atoms with E-state index in [0.29, 0.717) is 17.7 Å². The average Bonchev–Trinajstić information content (AvgIpc) is 3.78. The Labute approximate surface area is 293 Å². The summed E-state index contributed by atoms with van der Waals surface area (Å²) in [6, 6.07) is 5.09. The molecule has 2 bridgehead atoms. The van der Waals surface area contributed by atoms with Crippen molar-refractivity contribution in [1.29, 1.82) is 0 Å². The van der Waals surface area contributed by atoms with Gasteiger partial charge in [-0.05, 0) is 78.2 Å². The van der Waals surface area contributed by atoms with Crippen molar-refractivity contribution < 1.29 is 48.3 Å². The number of rotatable bonds is 8. The van der Waals surface area contributed by atoms with E-state index in [1.54, 1.807) is 65.2 Å². The number of aromatic amines is 1. The maximum Gasteiger partial charge on any atom is 0.418 e. The lowest BCUT2D eigenvalue weighted by Crippen LogP contribution is -2.47. The summed E-state index contributed by atoms with van der Waals surface area (Å²) in [5.74, 6) is -2.45. The Balaban J connectivity index is 1.44. The highest BCUT2D eigenvalue weighted by Gasteiger charge is 2.57. The molecule has 2 unspecified atom stereocenters. The standard InChI is InChI=1S/C38H52N2O10/c1-20-15-21(2)38-18-25(12-13-27(38)17-30(46-9)35(44)47-31(20)24(5)42)33(49-38)32(22(3)23(4)41)48-34(43)28-16-26(19-39-28)29-11-10-14-40(29)36(45)50-37(6,7)8/h10-16,19-20,22-25,27,30-33,39,41-42H,17-18H2,1-9H3/b21-15+/t20-,22-,23+,24?,25-,27?,30+,31+,32-,33-,38+/m1/s1. The molecular formula is C38H52N2O10. The summed E-state index contributed by atoms with van der Waals surface area (Å²) in [5.41, 5.74) is 0.670. The third-order valence-electron chi connectivity index (χ3n) is 10.3. The van der Waals surface area contributed by atoms with Gasteiger partial charge >= 0.3 is 18.0 Å². The fraction of sp³-hybridized carbons (Fsp3) is 0.605. The number of cyclic esters (lactones) is 1. The predicted molar refractivity (Wildman–Crippen MR) is 184 cm³/mol. The molecule has 1 aliphatic carbocycles. The van der Waals surface area contributed by atoms with Crippen LogP contribution >= 0.6 is 0 Å². The molecule has 2 aliphatic heterocycles. The van der Waals surface area contributed by atoms with Gasteiger partial charge in [0.2, 0.25) is 0 Å². The number of carbonyl (C=O) groups is 3. The van der Waals surface area contributed by atoms with E-state index in [4.69, 9.17) is 23.7 Å². The fourth-order valence-electron chi connectivity index (χ4n) is 7.51. The molecule has 274 valence electrons. The molecule has 12 heteroatoms. The number of nitrogens with one attached hydrogen (secondary N) is 1. The average molecular weight is 697 g/mol. The molecule has 4 heterocycles. The first-order valence-corrected chi connectivity index (χ1v) is 17.4. The molecule has 50 heavy (non-hydrogen) atoms. The Morgan fingerprint density at radius 3 is 2.50 bits per heavy atom. The number of esters is 2. The number of aliphatic hydroxyl groups excluding tert-OH is 2. The fourth-order valence-corrected chi connectivity index (χ4v) is 7.51. The molecule has 0 amide bonds. The number of aromatic nitrogens is 2. The summed E-state index contributed by atoms with van der Waals surface area (Å²) >= 11 is 0. The third-order valence-corrected chi connectivity index (χ3v) is 10.3. The number of hydrogen-bond acceptors (Lipinski definition) is 10. The summed E-state index contributed by atoms with van der Waals surface area (Å²) in [4.78, 5) is 42.8. The minimum Gasteiger partial charge on any atom is -0.457 e. The first-order valence-electron chi connectivity index (χ1n) is 17.4. The number of methoxy groups -OCH3 is 1. The van der Waals surface area contributed by atoms with Crippen LogP contribution in [0.25, 0.3) is 11.3 Å². The van der Waals surface area contributed by atoms with Crippen molar-refractivity contribution in [1.82, 2.24) is 9.55 Å². The van der Waals surface area contributed by atoms with Crippen LogP contribution in [0, 0.1) is 23.7 Å². The van der Waals surface area contributed by atoms with Gasteiger partial charge in [-0.1, -0.05) is 32.1 Å². The molecule has 0 aromatic carbocycles. The van der Waals surface area contributed by atoms with Crippen molar-refractivity contribution in [3.05, 3.63) is 60.1 Å². The summed E-state index contributed by atoms with van der Waals surface area (Å²) < 4.78 is 31.5. The number of hydrogen-bond donors (Lipinski definition) is 3. The zero-order valence-electron chi connectivity index (χ0n) is 30.4. The smallest absolute Gasteiger partial charge is 0.418 e. The zero-order chi connectivity index (χ0) is 36.7. The van der Waals surface area contributed by atoms with Crippen LogP contribution in [-0.4, -0.2) is 92.7 Å². The molecule has 0 saturated carbocycles. The number of carbonyl (C=O) groups excluding carboxylic acids is 3. The molecular weight excluding hydrogens is 644 g/mol. The summed E-state index contributed by atoms with van der Waals surface area (Å²) in [5, 5.41) is 21.3. The second-order valence-corrected chi connectivity index (χ2v) is 15.2. The van der Waals surface area contributed by atoms with Crippen molar-refractivity contribution in [3.8, 4) is 11.3 Å². The van der Waals surface area contributed by atoms with Crippen molar-refractivity contribution in [3.63, 3.8) is 0 Å². The highest BCUT2D eigenvalue weighted by Crippen LogP contribution is 2.53. The molecule has 2 aromatic rings. The van der Waals surface area contributed by atoms with Gasteiger partial charge in [0.15, 0.2) is 6.10 Å². The van der Waals surface area contributed by atoms with E-state index < -0.39 is 71.8 Å². The third kappa shape index (κ3) is 7.49. The number of aliphatic hydroxyl groups is 2. The first kappa shape index (κ1) is 37.5. The molecule has 1 spiro atoms. The van der Waals surface area contributed by atoms with Gasteiger partial charge in [-0.15, -0.1) is 0 Å². The Hall–Kier alpha value is -3.71. The van der Waals surface area contributed by atoms with Crippen LogP contribution in [0.15, 0.2) is 54.4 Å².